The van der Waals surface area contributed by atoms with Gasteiger partial charge >= 0.3 is 5.97 Å². The van der Waals surface area contributed by atoms with Gasteiger partial charge in [-0.1, -0.05) is 34.6 Å². The first-order valence-electron chi connectivity index (χ1n) is 10.1. The van der Waals surface area contributed by atoms with Gasteiger partial charge in [-0.15, -0.1) is 0 Å². The van der Waals surface area contributed by atoms with E-state index in [1.807, 2.05) is 27.7 Å². The van der Waals surface area contributed by atoms with Crippen LogP contribution in [0.15, 0.2) is 12.1 Å². The Balaban J connectivity index is 3.17. The Labute approximate surface area is 170 Å². The molecule has 0 amide bonds. The van der Waals surface area contributed by atoms with Crippen molar-refractivity contribution < 1.29 is 23.7 Å². The summed E-state index contributed by atoms with van der Waals surface area (Å²) >= 11 is 0. The quantitative estimate of drug-likeness (QED) is 0.395. The summed E-state index contributed by atoms with van der Waals surface area (Å²) in [6.07, 6.45) is 0.490. The maximum absolute atomic E-state index is 11.9. The van der Waals surface area contributed by atoms with Crippen molar-refractivity contribution in [3.63, 3.8) is 0 Å². The maximum atomic E-state index is 11.9. The van der Waals surface area contributed by atoms with Gasteiger partial charge in [0.2, 0.25) is 0 Å². The van der Waals surface area contributed by atoms with Crippen molar-refractivity contribution in [1.82, 2.24) is 0 Å². The second kappa shape index (κ2) is 10.8. The van der Waals surface area contributed by atoms with E-state index < -0.39 is 0 Å². The second-order valence-electron chi connectivity index (χ2n) is 8.31. The van der Waals surface area contributed by atoms with Crippen molar-refractivity contribution in [2.75, 3.05) is 27.4 Å². The van der Waals surface area contributed by atoms with Crippen LogP contribution >= 0.6 is 0 Å². The molecule has 1 aromatic rings. The van der Waals surface area contributed by atoms with Crippen LogP contribution in [0.25, 0.3) is 0 Å². The number of ether oxygens (including phenoxy) is 4. The topological polar surface area (TPSA) is 54.0 Å². The fourth-order valence-corrected chi connectivity index (χ4v) is 2.73. The number of carbonyl (C=O) groups excluding carboxylic acids is 1. The fourth-order valence-electron chi connectivity index (χ4n) is 2.73. The minimum absolute atomic E-state index is 0.0191. The number of rotatable bonds is 10. The largest absolute Gasteiger partial charge is 0.489 e. The van der Waals surface area contributed by atoms with Crippen LogP contribution in [0.2, 0.25) is 0 Å². The zero-order chi connectivity index (χ0) is 21.5. The molecule has 0 saturated carbocycles. The number of hydrogen-bond acceptors (Lipinski definition) is 5. The Kier molecular flexibility index (Phi) is 9.45. The van der Waals surface area contributed by atoms with Crippen LogP contribution in [0.3, 0.4) is 0 Å². The van der Waals surface area contributed by atoms with Gasteiger partial charge in [-0.05, 0) is 43.4 Å². The van der Waals surface area contributed by atoms with Crippen LogP contribution in [0.1, 0.15) is 83.8 Å². The molecular formula is C23H38O5. The molecule has 160 valence electrons. The van der Waals surface area contributed by atoms with Crippen LogP contribution in [0.5, 0.6) is 5.75 Å². The third-order valence-electron chi connectivity index (χ3n) is 5.18. The molecule has 0 saturated heterocycles. The average Bonchev–Trinajstić information content (AvgIpc) is 2.67. The van der Waals surface area contributed by atoms with Crippen molar-refractivity contribution >= 4 is 5.97 Å². The number of methoxy groups -OCH3 is 2. The monoisotopic (exact) mass is 394 g/mol. The molecule has 0 aliphatic carbocycles. The predicted octanol–water partition coefficient (Wildman–Crippen LogP) is 5.37. The molecule has 1 rings (SSSR count). The fraction of sp³-hybridized carbons (Fsp3) is 0.696. The highest BCUT2D eigenvalue weighted by Gasteiger charge is 2.25. The zero-order valence-electron chi connectivity index (χ0n) is 19.0. The van der Waals surface area contributed by atoms with E-state index in [2.05, 4.69) is 32.9 Å². The molecule has 3 atom stereocenters. The van der Waals surface area contributed by atoms with Gasteiger partial charge in [0.1, 0.15) is 19.0 Å². The van der Waals surface area contributed by atoms with Gasteiger partial charge in [0.25, 0.3) is 0 Å². The first-order chi connectivity index (χ1) is 13.1. The summed E-state index contributed by atoms with van der Waals surface area (Å²) < 4.78 is 22.6. The van der Waals surface area contributed by atoms with E-state index in [4.69, 9.17) is 18.9 Å². The number of benzene rings is 1. The smallest absolute Gasteiger partial charge is 0.308 e. The minimum Gasteiger partial charge on any atom is -0.489 e. The normalized spacial score (nSPS) is 15.0. The second-order valence-corrected chi connectivity index (χ2v) is 8.31. The molecule has 1 aromatic carbocycles. The lowest BCUT2D eigenvalue weighted by atomic mass is 9.83. The minimum atomic E-state index is -0.190. The third kappa shape index (κ3) is 6.49. The summed E-state index contributed by atoms with van der Waals surface area (Å²) in [4.78, 5) is 11.9. The molecule has 28 heavy (non-hydrogen) atoms. The van der Waals surface area contributed by atoms with Crippen molar-refractivity contribution in [1.29, 1.82) is 0 Å². The summed E-state index contributed by atoms with van der Waals surface area (Å²) in [5, 5.41) is 0. The molecule has 0 aliphatic heterocycles. The standard InChI is InChI=1S/C23H38O5/c1-10-15(2)22(24)28-12-11-27-21-19(16(3)25-8)13-18(23(5,6)7)14-20(21)17(4)26-9/h13-17H,10-12H2,1-9H3. The summed E-state index contributed by atoms with van der Waals surface area (Å²) in [6.45, 7) is 14.9. The molecule has 5 heteroatoms. The highest BCUT2D eigenvalue weighted by Crippen LogP contribution is 2.39. The van der Waals surface area contributed by atoms with Gasteiger partial charge in [0.05, 0.1) is 18.1 Å². The summed E-state index contributed by atoms with van der Waals surface area (Å²) in [5.41, 5.74) is 3.12. The molecule has 0 fully saturated rings. The predicted molar refractivity (Wildman–Crippen MR) is 112 cm³/mol. The van der Waals surface area contributed by atoms with Gasteiger partial charge in [-0.2, -0.15) is 0 Å². The highest BCUT2D eigenvalue weighted by molar-refractivity contribution is 5.71. The van der Waals surface area contributed by atoms with E-state index in [9.17, 15) is 4.79 Å². The molecule has 0 aromatic heterocycles. The molecule has 0 heterocycles. The molecule has 0 spiro atoms. The Morgan fingerprint density at radius 3 is 1.86 bits per heavy atom. The Bertz CT molecular complexity index is 601. The van der Waals surface area contributed by atoms with Crippen molar-refractivity contribution in [3.8, 4) is 5.75 Å². The lowest BCUT2D eigenvalue weighted by molar-refractivity contribution is -0.148. The molecule has 5 nitrogen and oxygen atoms in total. The SMILES string of the molecule is CCC(C)C(=O)OCCOc1c(C(C)OC)cc(C(C)(C)C)cc1C(C)OC. The van der Waals surface area contributed by atoms with E-state index >= 15 is 0 Å². The Morgan fingerprint density at radius 1 is 0.964 bits per heavy atom. The van der Waals surface area contributed by atoms with Gasteiger partial charge in [-0.3, -0.25) is 4.79 Å². The van der Waals surface area contributed by atoms with E-state index in [0.717, 1.165) is 23.3 Å². The van der Waals surface area contributed by atoms with Crippen molar-refractivity contribution in [3.05, 3.63) is 28.8 Å². The van der Waals surface area contributed by atoms with Gasteiger partial charge < -0.3 is 18.9 Å². The van der Waals surface area contributed by atoms with Crippen LogP contribution in [0.4, 0.5) is 0 Å². The maximum Gasteiger partial charge on any atom is 0.308 e. The lowest BCUT2D eigenvalue weighted by Gasteiger charge is -2.27. The van der Waals surface area contributed by atoms with E-state index in [0.29, 0.717) is 0 Å². The molecule has 3 unspecified atom stereocenters. The van der Waals surface area contributed by atoms with Crippen LogP contribution in [-0.2, 0) is 24.4 Å². The van der Waals surface area contributed by atoms with Crippen LogP contribution in [0, 0.1) is 5.92 Å². The highest BCUT2D eigenvalue weighted by atomic mass is 16.6. The van der Waals surface area contributed by atoms with Crippen molar-refractivity contribution in [2.45, 2.75) is 72.5 Å². The zero-order valence-corrected chi connectivity index (χ0v) is 19.0. The third-order valence-corrected chi connectivity index (χ3v) is 5.18. The number of esters is 1. The van der Waals surface area contributed by atoms with Gasteiger partial charge in [0, 0.05) is 25.3 Å². The summed E-state index contributed by atoms with van der Waals surface area (Å²) in [5.74, 6) is 0.459. The Morgan fingerprint density at radius 2 is 1.46 bits per heavy atom. The molecular weight excluding hydrogens is 356 g/mol. The molecule has 0 radical (unpaired) electrons. The first-order valence-corrected chi connectivity index (χ1v) is 10.1. The molecule has 0 N–H and O–H groups in total. The Hall–Kier alpha value is -1.59. The van der Waals surface area contributed by atoms with E-state index in [1.54, 1.807) is 14.2 Å². The van der Waals surface area contributed by atoms with Crippen LogP contribution < -0.4 is 4.74 Å². The number of hydrogen-bond donors (Lipinski definition) is 0. The molecule has 0 bridgehead atoms. The first kappa shape index (κ1) is 24.4. The van der Waals surface area contributed by atoms with Crippen molar-refractivity contribution in [2.24, 2.45) is 5.92 Å². The number of carbonyl (C=O) groups is 1. The van der Waals surface area contributed by atoms with Crippen LogP contribution in [-0.4, -0.2) is 33.4 Å². The molecule has 0 aliphatic rings. The van der Waals surface area contributed by atoms with E-state index in [1.165, 1.54) is 5.56 Å². The van der Waals surface area contributed by atoms with Gasteiger partial charge in [0.15, 0.2) is 0 Å². The average molecular weight is 395 g/mol. The summed E-state index contributed by atoms with van der Waals surface area (Å²) in [6, 6.07) is 4.28. The summed E-state index contributed by atoms with van der Waals surface area (Å²) in [7, 11) is 3.37. The van der Waals surface area contributed by atoms with Gasteiger partial charge in [-0.25, -0.2) is 0 Å². The van der Waals surface area contributed by atoms with E-state index in [-0.39, 0.29) is 42.7 Å². The lowest BCUT2D eigenvalue weighted by Crippen LogP contribution is -2.19.